The van der Waals surface area contributed by atoms with E-state index in [4.69, 9.17) is 4.74 Å². The summed E-state index contributed by atoms with van der Waals surface area (Å²) >= 11 is 2.26. The molecule has 0 aliphatic rings. The summed E-state index contributed by atoms with van der Waals surface area (Å²) < 4.78 is 5.34. The molecule has 0 saturated heterocycles. The number of ether oxygens (including phenoxy) is 1. The highest BCUT2D eigenvalue weighted by atomic mass is 127. The summed E-state index contributed by atoms with van der Waals surface area (Å²) in [4.78, 5) is 0. The highest BCUT2D eigenvalue weighted by Crippen LogP contribution is 2.23. The van der Waals surface area contributed by atoms with E-state index >= 15 is 0 Å². The van der Waals surface area contributed by atoms with Gasteiger partial charge in [0.2, 0.25) is 0 Å². The van der Waals surface area contributed by atoms with E-state index in [0.29, 0.717) is 0 Å². The van der Waals surface area contributed by atoms with E-state index < -0.39 is 0 Å². The molecular weight excluding hydrogens is 251 g/mol. The Morgan fingerprint density at radius 1 is 1.27 bits per heavy atom. The quantitative estimate of drug-likeness (QED) is 0.588. The van der Waals surface area contributed by atoms with Crippen molar-refractivity contribution in [3.8, 4) is 0 Å². The lowest BCUT2D eigenvalue weighted by molar-refractivity contribution is 0.189. The van der Waals surface area contributed by atoms with Crippen LogP contribution in [0, 0.1) is 6.92 Å². The Morgan fingerprint density at radius 3 is 2.27 bits per heavy atom. The van der Waals surface area contributed by atoms with Crippen LogP contribution in [0.15, 0.2) is 24.3 Å². The molecule has 2 heteroatoms. The number of alkyl halides is 1. The third kappa shape index (κ3) is 2.45. The summed E-state index contributed by atoms with van der Waals surface area (Å²) in [6, 6.07) is 8.38. The summed E-state index contributed by atoms with van der Waals surface area (Å²) in [5.41, 5.74) is 2.51. The summed E-state index contributed by atoms with van der Waals surface area (Å²) in [5.74, 6) is 0. The van der Waals surface area contributed by atoms with E-state index in [1.807, 2.05) is 0 Å². The van der Waals surface area contributed by atoms with Gasteiger partial charge in [0.05, 0.1) is 0 Å². The highest BCUT2D eigenvalue weighted by molar-refractivity contribution is 14.1. The van der Waals surface area contributed by atoms with Gasteiger partial charge in [-0.2, -0.15) is 0 Å². The van der Waals surface area contributed by atoms with Crippen molar-refractivity contribution in [2.45, 2.75) is 11.0 Å². The van der Waals surface area contributed by atoms with Crippen molar-refractivity contribution in [1.82, 2.24) is 0 Å². The Bertz CT molecular complexity index is 218. The van der Waals surface area contributed by atoms with Crippen LogP contribution in [-0.4, -0.2) is 7.11 Å². The van der Waals surface area contributed by atoms with E-state index in [-0.39, 0.29) is 4.11 Å². The molecule has 0 fully saturated rings. The van der Waals surface area contributed by atoms with E-state index in [1.165, 1.54) is 11.1 Å². The van der Waals surface area contributed by atoms with Gasteiger partial charge in [0.25, 0.3) is 0 Å². The highest BCUT2D eigenvalue weighted by Gasteiger charge is 2.02. The average Bonchev–Trinajstić information content (AvgIpc) is 2.05. The minimum atomic E-state index is 0.174. The van der Waals surface area contributed by atoms with E-state index in [2.05, 4.69) is 53.8 Å². The molecule has 11 heavy (non-hydrogen) atoms. The van der Waals surface area contributed by atoms with Crippen molar-refractivity contribution < 1.29 is 4.74 Å². The molecule has 60 valence electrons. The van der Waals surface area contributed by atoms with Gasteiger partial charge >= 0.3 is 0 Å². The third-order valence-corrected chi connectivity index (χ3v) is 2.77. The standard InChI is InChI=1S/C9H11IO/c1-7-3-5-8(6-4-7)9(10)11-2/h3-6,9H,1-2H3. The Balaban J connectivity index is 2.81. The third-order valence-electron chi connectivity index (χ3n) is 1.55. The molecule has 1 nitrogen and oxygen atoms in total. The van der Waals surface area contributed by atoms with Gasteiger partial charge in [0, 0.05) is 7.11 Å². The fourth-order valence-corrected chi connectivity index (χ4v) is 1.27. The van der Waals surface area contributed by atoms with Crippen LogP contribution < -0.4 is 0 Å². The van der Waals surface area contributed by atoms with Gasteiger partial charge in [-0.3, -0.25) is 0 Å². The van der Waals surface area contributed by atoms with E-state index in [0.717, 1.165) is 0 Å². The van der Waals surface area contributed by atoms with Crippen LogP contribution >= 0.6 is 22.6 Å². The number of hydrogen-bond acceptors (Lipinski definition) is 1. The van der Waals surface area contributed by atoms with Crippen molar-refractivity contribution in [3.63, 3.8) is 0 Å². The fraction of sp³-hybridized carbons (Fsp3) is 0.333. The van der Waals surface area contributed by atoms with Crippen LogP contribution in [0.3, 0.4) is 0 Å². The molecular formula is C9H11IO. The second-order valence-electron chi connectivity index (χ2n) is 2.46. The van der Waals surface area contributed by atoms with Crippen molar-refractivity contribution in [1.29, 1.82) is 0 Å². The second-order valence-corrected chi connectivity index (χ2v) is 3.59. The first-order chi connectivity index (χ1) is 5.24. The zero-order valence-corrected chi connectivity index (χ0v) is 8.83. The number of aryl methyl sites for hydroxylation is 1. The van der Waals surface area contributed by atoms with E-state index in [9.17, 15) is 0 Å². The van der Waals surface area contributed by atoms with E-state index in [1.54, 1.807) is 7.11 Å². The zero-order valence-electron chi connectivity index (χ0n) is 6.67. The van der Waals surface area contributed by atoms with Crippen LogP contribution in [0.2, 0.25) is 0 Å². The summed E-state index contributed by atoms with van der Waals surface area (Å²) in [7, 11) is 1.72. The molecule has 0 aliphatic heterocycles. The maximum absolute atomic E-state index is 5.16. The van der Waals surface area contributed by atoms with Crippen LogP contribution in [0.5, 0.6) is 0 Å². The number of benzene rings is 1. The predicted molar refractivity (Wildman–Crippen MR) is 54.9 cm³/mol. The van der Waals surface area contributed by atoms with Crippen molar-refractivity contribution in [2.75, 3.05) is 7.11 Å². The lowest BCUT2D eigenvalue weighted by atomic mass is 10.2. The monoisotopic (exact) mass is 262 g/mol. The second kappa shape index (κ2) is 4.07. The molecule has 1 unspecified atom stereocenters. The molecule has 1 aromatic rings. The van der Waals surface area contributed by atoms with Crippen LogP contribution in [0.25, 0.3) is 0 Å². The molecule has 0 heterocycles. The predicted octanol–water partition coefficient (Wildman–Crippen LogP) is 3.08. The number of methoxy groups -OCH3 is 1. The molecule has 0 spiro atoms. The topological polar surface area (TPSA) is 9.23 Å². The molecule has 1 rings (SSSR count). The summed E-state index contributed by atoms with van der Waals surface area (Å²) in [6.45, 7) is 2.08. The first-order valence-electron chi connectivity index (χ1n) is 3.47. The Kier molecular flexibility index (Phi) is 3.33. The smallest absolute Gasteiger partial charge is 0.133 e. The Morgan fingerprint density at radius 2 is 1.82 bits per heavy atom. The lowest BCUT2D eigenvalue weighted by Gasteiger charge is -2.07. The molecule has 0 aromatic heterocycles. The van der Waals surface area contributed by atoms with Gasteiger partial charge in [-0.15, -0.1) is 0 Å². The van der Waals surface area contributed by atoms with Gasteiger partial charge < -0.3 is 4.74 Å². The summed E-state index contributed by atoms with van der Waals surface area (Å²) in [5, 5.41) is 0. The molecule has 0 radical (unpaired) electrons. The molecule has 0 aliphatic carbocycles. The minimum Gasteiger partial charge on any atom is -0.366 e. The number of rotatable bonds is 2. The number of halogens is 1. The van der Waals surface area contributed by atoms with Gasteiger partial charge in [-0.05, 0) is 35.1 Å². The number of hydrogen-bond donors (Lipinski definition) is 0. The Hall–Kier alpha value is -0.0900. The van der Waals surface area contributed by atoms with Crippen LogP contribution in [0.1, 0.15) is 15.2 Å². The Labute approximate surface area is 80.9 Å². The molecule has 0 saturated carbocycles. The largest absolute Gasteiger partial charge is 0.366 e. The van der Waals surface area contributed by atoms with Crippen LogP contribution in [-0.2, 0) is 4.74 Å². The fourth-order valence-electron chi connectivity index (χ4n) is 0.854. The normalized spacial score (nSPS) is 13.0. The molecule has 1 atom stereocenters. The zero-order chi connectivity index (χ0) is 8.27. The summed E-state index contributed by atoms with van der Waals surface area (Å²) in [6.07, 6.45) is 0. The maximum atomic E-state index is 5.16. The van der Waals surface area contributed by atoms with Gasteiger partial charge in [0.15, 0.2) is 0 Å². The molecule has 0 N–H and O–H groups in total. The van der Waals surface area contributed by atoms with Crippen molar-refractivity contribution in [2.24, 2.45) is 0 Å². The van der Waals surface area contributed by atoms with Crippen LogP contribution in [0.4, 0.5) is 0 Å². The SMILES string of the molecule is COC(I)c1ccc(C)cc1. The molecule has 0 bridgehead atoms. The lowest BCUT2D eigenvalue weighted by Crippen LogP contribution is -1.90. The average molecular weight is 262 g/mol. The first kappa shape index (κ1) is 9.00. The first-order valence-corrected chi connectivity index (χ1v) is 4.72. The van der Waals surface area contributed by atoms with Gasteiger partial charge in [-0.25, -0.2) is 0 Å². The van der Waals surface area contributed by atoms with Crippen molar-refractivity contribution >= 4 is 22.6 Å². The molecule has 1 aromatic carbocycles. The van der Waals surface area contributed by atoms with Gasteiger partial charge in [0.1, 0.15) is 4.11 Å². The molecule has 0 amide bonds. The van der Waals surface area contributed by atoms with Crippen molar-refractivity contribution in [3.05, 3.63) is 35.4 Å². The minimum absolute atomic E-state index is 0.174. The van der Waals surface area contributed by atoms with Gasteiger partial charge in [-0.1, -0.05) is 29.8 Å². The maximum Gasteiger partial charge on any atom is 0.133 e.